The molecule has 0 spiro atoms. The number of carbonyl (C=O) groups is 3. The minimum absolute atomic E-state index is 0.115. The van der Waals surface area contributed by atoms with Gasteiger partial charge in [-0.15, -0.1) is 0 Å². The second kappa shape index (κ2) is 9.06. The summed E-state index contributed by atoms with van der Waals surface area (Å²) >= 11 is 0. The van der Waals surface area contributed by atoms with Crippen LogP contribution in [0.3, 0.4) is 0 Å². The summed E-state index contributed by atoms with van der Waals surface area (Å²) in [6.45, 7) is 0.115. The van der Waals surface area contributed by atoms with Crippen LogP contribution in [0.15, 0.2) is 0 Å². The molecule has 4 atom stereocenters. The zero-order chi connectivity index (χ0) is 29.9. The molecule has 230 valence electrons. The summed E-state index contributed by atoms with van der Waals surface area (Å²) in [5, 5.41) is 0. The first-order valence-corrected chi connectivity index (χ1v) is 15.6. The molecule has 7 fully saturated rings. The second-order valence-corrected chi connectivity index (χ2v) is 14.9. The largest absolute Gasteiger partial charge is 0.438 e. The Bertz CT molecular complexity index is 1220. The molecule has 6 saturated carbocycles. The van der Waals surface area contributed by atoms with Gasteiger partial charge in [-0.25, -0.2) is 0 Å². The van der Waals surface area contributed by atoms with E-state index in [9.17, 15) is 49.1 Å². The van der Waals surface area contributed by atoms with Gasteiger partial charge in [0.2, 0.25) is 11.8 Å². The van der Waals surface area contributed by atoms with Crippen LogP contribution in [0.4, 0.5) is 26.3 Å². The van der Waals surface area contributed by atoms with E-state index in [1.165, 1.54) is 11.3 Å². The molecule has 1 saturated heterocycles. The fourth-order valence-corrected chi connectivity index (χ4v) is 10.9. The highest BCUT2D eigenvalue weighted by Crippen LogP contribution is 2.66. The lowest BCUT2D eigenvalue weighted by Crippen LogP contribution is -2.63. The summed E-state index contributed by atoms with van der Waals surface area (Å²) in [6.07, 6.45) is -8.01. The number of likely N-dealkylation sites (tertiary alicyclic amines) is 1. The molecule has 0 aromatic rings. The maximum atomic E-state index is 13.8. The number of alkyl halides is 6. The van der Waals surface area contributed by atoms with Crippen LogP contribution in [-0.4, -0.2) is 65.9 Å². The number of ether oxygens (including phenoxy) is 1. The van der Waals surface area contributed by atoms with Crippen molar-refractivity contribution in [1.29, 1.82) is 0 Å². The monoisotopic (exact) mass is 615 g/mol. The van der Waals surface area contributed by atoms with E-state index in [1.807, 2.05) is 0 Å². The van der Waals surface area contributed by atoms with Gasteiger partial charge in [-0.1, -0.05) is 0 Å². The molecule has 8 nitrogen and oxygen atoms in total. The van der Waals surface area contributed by atoms with Crippen LogP contribution in [0.5, 0.6) is 0 Å². The molecule has 1 aliphatic heterocycles. The van der Waals surface area contributed by atoms with Gasteiger partial charge in [0.25, 0.3) is 10.1 Å². The summed E-state index contributed by atoms with van der Waals surface area (Å²) in [6, 6.07) is 0. The molecule has 7 rings (SSSR count). The number of carbonyl (C=O) groups excluding carboxylic acids is 3. The molecular formula is C26H31F6NO7S. The number of imide groups is 1. The molecule has 41 heavy (non-hydrogen) atoms. The number of hydrogen-bond donors (Lipinski definition) is 1. The van der Waals surface area contributed by atoms with Crippen LogP contribution in [0.25, 0.3) is 0 Å². The predicted molar refractivity (Wildman–Crippen MR) is 126 cm³/mol. The lowest BCUT2D eigenvalue weighted by atomic mass is 9.51. The van der Waals surface area contributed by atoms with Gasteiger partial charge in [0.15, 0.2) is 0 Å². The third kappa shape index (κ3) is 4.50. The van der Waals surface area contributed by atoms with E-state index >= 15 is 0 Å². The Labute approximate surface area is 232 Å². The topological polar surface area (TPSA) is 118 Å². The third-order valence-corrected chi connectivity index (χ3v) is 11.9. The number of amides is 2. The van der Waals surface area contributed by atoms with E-state index in [0.717, 1.165) is 25.7 Å². The molecule has 1 N–H and O–H groups in total. The smallest absolute Gasteiger partial charge is 0.438 e. The Balaban J connectivity index is 1.22. The molecule has 0 aromatic heterocycles. The summed E-state index contributed by atoms with van der Waals surface area (Å²) in [5.74, 6) is -5.82. The van der Waals surface area contributed by atoms with E-state index in [0.29, 0.717) is 18.3 Å². The van der Waals surface area contributed by atoms with Crippen LogP contribution < -0.4 is 0 Å². The van der Waals surface area contributed by atoms with Gasteiger partial charge in [0, 0.05) is 18.4 Å². The molecule has 4 unspecified atom stereocenters. The average Bonchev–Trinajstić information content (AvgIpc) is 3.45. The van der Waals surface area contributed by atoms with Gasteiger partial charge in [0.05, 0.1) is 6.42 Å². The number of nitrogens with zero attached hydrogens (tertiary/aromatic N) is 1. The van der Waals surface area contributed by atoms with Crippen molar-refractivity contribution >= 4 is 27.9 Å². The minimum atomic E-state index is -6.42. The standard InChI is InChI=1S/C26H31F6NO7S/c27-25(28,29)24(26(30,31)32,11-41(37,38)39)40-18(34)9-23-2-1-14(8-23)17-10-33(22(36)20(17)23)21(35)19-15-4-12-3-13(6-15)7-16(19)5-12/h12-17,19-20H,1-11H2,(H,37,38,39). The Kier molecular flexibility index (Phi) is 6.45. The van der Waals surface area contributed by atoms with Gasteiger partial charge in [-0.3, -0.25) is 23.8 Å². The molecule has 0 aromatic carbocycles. The van der Waals surface area contributed by atoms with Crippen molar-refractivity contribution in [3.05, 3.63) is 0 Å². The third-order valence-electron chi connectivity index (χ3n) is 11.2. The molecule has 2 amide bonds. The van der Waals surface area contributed by atoms with Crippen molar-refractivity contribution in [2.75, 3.05) is 12.3 Å². The summed E-state index contributed by atoms with van der Waals surface area (Å²) in [5.41, 5.74) is -6.79. The quantitative estimate of drug-likeness (QED) is 0.207. The van der Waals surface area contributed by atoms with Crippen LogP contribution in [-0.2, 0) is 29.2 Å². The molecule has 6 aliphatic carbocycles. The van der Waals surface area contributed by atoms with Crippen molar-refractivity contribution in [1.82, 2.24) is 4.90 Å². The van der Waals surface area contributed by atoms with Crippen molar-refractivity contribution in [2.45, 2.75) is 75.7 Å². The summed E-state index contributed by atoms with van der Waals surface area (Å²) in [4.78, 5) is 41.5. The molecule has 6 bridgehead atoms. The van der Waals surface area contributed by atoms with Gasteiger partial charge >= 0.3 is 23.9 Å². The average molecular weight is 616 g/mol. The lowest BCUT2D eigenvalue weighted by molar-refractivity contribution is -0.361. The van der Waals surface area contributed by atoms with Crippen molar-refractivity contribution in [3.63, 3.8) is 0 Å². The molecular weight excluding hydrogens is 584 g/mol. The predicted octanol–water partition coefficient (Wildman–Crippen LogP) is 4.14. The van der Waals surface area contributed by atoms with Crippen LogP contribution in [0.1, 0.15) is 57.8 Å². The highest BCUT2D eigenvalue weighted by molar-refractivity contribution is 7.85. The maximum Gasteiger partial charge on any atom is 0.438 e. The van der Waals surface area contributed by atoms with Crippen molar-refractivity contribution in [2.24, 2.45) is 52.8 Å². The number of halogens is 6. The first-order chi connectivity index (χ1) is 18.8. The first-order valence-electron chi connectivity index (χ1n) is 14.0. The van der Waals surface area contributed by atoms with Crippen molar-refractivity contribution < 1.29 is 58.4 Å². The maximum absolute atomic E-state index is 13.8. The molecule has 0 radical (unpaired) electrons. The normalized spacial score (nSPS) is 39.9. The van der Waals surface area contributed by atoms with E-state index in [-0.39, 0.29) is 54.9 Å². The number of fused-ring (bicyclic) bond motifs is 5. The van der Waals surface area contributed by atoms with Crippen molar-refractivity contribution in [3.8, 4) is 0 Å². The Morgan fingerprint density at radius 3 is 2.02 bits per heavy atom. The minimum Gasteiger partial charge on any atom is -0.438 e. The SMILES string of the molecule is O=C(CC12CCC(C1)C1CN(C(=O)C3C4CC5CC(C4)CC3C5)C(=O)C12)OC(CS(=O)(=O)O)(C(F)(F)F)C(F)(F)F. The number of hydrogen-bond acceptors (Lipinski definition) is 6. The second-order valence-electron chi connectivity index (χ2n) is 13.4. The molecule has 15 heteroatoms. The number of rotatable bonds is 6. The van der Waals surface area contributed by atoms with Crippen LogP contribution >= 0.6 is 0 Å². The number of esters is 1. The van der Waals surface area contributed by atoms with E-state index in [4.69, 9.17) is 4.55 Å². The highest BCUT2D eigenvalue weighted by Gasteiger charge is 2.76. The van der Waals surface area contributed by atoms with Gasteiger partial charge < -0.3 is 4.74 Å². The molecule has 7 aliphatic rings. The van der Waals surface area contributed by atoms with E-state index in [1.54, 1.807) is 0 Å². The molecule has 1 heterocycles. The Morgan fingerprint density at radius 1 is 0.951 bits per heavy atom. The van der Waals surface area contributed by atoms with E-state index in [2.05, 4.69) is 4.74 Å². The fraction of sp³-hybridized carbons (Fsp3) is 0.885. The summed E-state index contributed by atoms with van der Waals surface area (Å²) in [7, 11) is -5.91. The van der Waals surface area contributed by atoms with E-state index < -0.39 is 63.5 Å². The van der Waals surface area contributed by atoms with Gasteiger partial charge in [0.1, 0.15) is 5.75 Å². The van der Waals surface area contributed by atoms with Gasteiger partial charge in [-0.05, 0) is 92.3 Å². The lowest BCUT2D eigenvalue weighted by Gasteiger charge is -2.54. The zero-order valence-corrected chi connectivity index (χ0v) is 22.7. The van der Waals surface area contributed by atoms with Crippen LogP contribution in [0.2, 0.25) is 0 Å². The zero-order valence-electron chi connectivity index (χ0n) is 21.9. The first kappa shape index (κ1) is 29.2. The Morgan fingerprint density at radius 2 is 1.51 bits per heavy atom. The fourth-order valence-electron chi connectivity index (χ4n) is 9.96. The van der Waals surface area contributed by atoms with Crippen LogP contribution in [0, 0.1) is 52.8 Å². The summed E-state index contributed by atoms with van der Waals surface area (Å²) < 4.78 is 117. The Hall–Kier alpha value is -1.90. The van der Waals surface area contributed by atoms with Gasteiger partial charge in [-0.2, -0.15) is 34.8 Å². The highest BCUT2D eigenvalue weighted by atomic mass is 32.2.